The van der Waals surface area contributed by atoms with E-state index in [-0.39, 0.29) is 5.91 Å². The van der Waals surface area contributed by atoms with Gasteiger partial charge in [-0.1, -0.05) is 30.3 Å². The number of anilines is 1. The highest BCUT2D eigenvalue weighted by molar-refractivity contribution is 5.98. The summed E-state index contributed by atoms with van der Waals surface area (Å²) in [4.78, 5) is 12.3. The summed E-state index contributed by atoms with van der Waals surface area (Å²) in [5.74, 6) is -0.0401. The Morgan fingerprint density at radius 1 is 1.28 bits per heavy atom. The van der Waals surface area contributed by atoms with Gasteiger partial charge in [0.25, 0.3) is 0 Å². The predicted octanol–water partition coefficient (Wildman–Crippen LogP) is 2.34. The van der Waals surface area contributed by atoms with Gasteiger partial charge in [-0.3, -0.25) is 9.48 Å². The molecule has 0 unspecified atom stereocenters. The molecule has 0 fully saturated rings. The molecule has 4 heteroatoms. The first-order chi connectivity index (χ1) is 8.50. The van der Waals surface area contributed by atoms with Crippen molar-refractivity contribution in [3.05, 3.63) is 48.3 Å². The van der Waals surface area contributed by atoms with E-state index in [9.17, 15) is 4.79 Å². The van der Waals surface area contributed by atoms with Gasteiger partial charge in [0.05, 0.1) is 17.3 Å². The van der Waals surface area contributed by atoms with Gasteiger partial charge in [0.2, 0.25) is 5.91 Å². The minimum Gasteiger partial charge on any atom is -0.323 e. The summed E-state index contributed by atoms with van der Waals surface area (Å²) in [7, 11) is 1.82. The Balaban J connectivity index is 2.18. The van der Waals surface area contributed by atoms with Gasteiger partial charge >= 0.3 is 0 Å². The van der Waals surface area contributed by atoms with E-state index in [0.29, 0.717) is 5.69 Å². The number of nitrogens with one attached hydrogen (secondary N) is 1. The van der Waals surface area contributed by atoms with Crippen molar-refractivity contribution in [1.29, 1.82) is 0 Å². The highest BCUT2D eigenvalue weighted by Gasteiger charge is 2.29. The lowest BCUT2D eigenvalue weighted by Crippen LogP contribution is -2.34. The molecule has 0 bridgehead atoms. The third kappa shape index (κ3) is 2.42. The van der Waals surface area contributed by atoms with E-state index in [0.717, 1.165) is 5.56 Å². The van der Waals surface area contributed by atoms with Crippen molar-refractivity contribution < 1.29 is 4.79 Å². The van der Waals surface area contributed by atoms with E-state index in [4.69, 9.17) is 0 Å². The average molecular weight is 243 g/mol. The Morgan fingerprint density at radius 3 is 2.50 bits per heavy atom. The van der Waals surface area contributed by atoms with Crippen LogP contribution < -0.4 is 5.32 Å². The lowest BCUT2D eigenvalue weighted by atomic mass is 9.84. The Labute approximate surface area is 107 Å². The Morgan fingerprint density at radius 2 is 1.94 bits per heavy atom. The zero-order chi connectivity index (χ0) is 13.2. The SMILES string of the molecule is Cn1cc(NC(=O)C(C)(C)c2ccccc2)cn1. The number of hydrogen-bond donors (Lipinski definition) is 1. The van der Waals surface area contributed by atoms with Crippen molar-refractivity contribution in [3.8, 4) is 0 Å². The topological polar surface area (TPSA) is 46.9 Å². The Hall–Kier alpha value is -2.10. The molecule has 1 heterocycles. The van der Waals surface area contributed by atoms with E-state index in [2.05, 4.69) is 10.4 Å². The summed E-state index contributed by atoms with van der Waals surface area (Å²) in [5, 5.41) is 6.91. The minimum absolute atomic E-state index is 0.0401. The second-order valence-corrected chi connectivity index (χ2v) is 4.85. The van der Waals surface area contributed by atoms with Crippen molar-refractivity contribution >= 4 is 11.6 Å². The first-order valence-corrected chi connectivity index (χ1v) is 5.86. The summed E-state index contributed by atoms with van der Waals surface area (Å²) in [6.45, 7) is 3.82. The van der Waals surface area contributed by atoms with Crippen LogP contribution in [-0.4, -0.2) is 15.7 Å². The summed E-state index contributed by atoms with van der Waals surface area (Å²) >= 11 is 0. The third-order valence-corrected chi connectivity index (χ3v) is 3.03. The largest absolute Gasteiger partial charge is 0.323 e. The van der Waals surface area contributed by atoms with Gasteiger partial charge in [-0.15, -0.1) is 0 Å². The van der Waals surface area contributed by atoms with Crippen LogP contribution in [0, 0.1) is 0 Å². The fraction of sp³-hybridized carbons (Fsp3) is 0.286. The second kappa shape index (κ2) is 4.64. The van der Waals surface area contributed by atoms with E-state index >= 15 is 0 Å². The van der Waals surface area contributed by atoms with E-state index in [1.165, 1.54) is 0 Å². The fourth-order valence-electron chi connectivity index (χ4n) is 1.76. The van der Waals surface area contributed by atoms with Crippen LogP contribution in [0.4, 0.5) is 5.69 Å². The number of carbonyl (C=O) groups is 1. The minimum atomic E-state index is -0.572. The molecule has 1 aromatic heterocycles. The molecule has 0 saturated heterocycles. The molecule has 4 nitrogen and oxygen atoms in total. The van der Waals surface area contributed by atoms with Crippen molar-refractivity contribution in [1.82, 2.24) is 9.78 Å². The van der Waals surface area contributed by atoms with E-state index in [1.807, 2.05) is 51.2 Å². The summed E-state index contributed by atoms with van der Waals surface area (Å²) in [6.07, 6.45) is 3.41. The molecule has 1 aromatic carbocycles. The molecular formula is C14H17N3O. The van der Waals surface area contributed by atoms with Crippen LogP contribution in [0.15, 0.2) is 42.7 Å². The lowest BCUT2D eigenvalue weighted by molar-refractivity contribution is -0.120. The molecular weight excluding hydrogens is 226 g/mol. The molecule has 94 valence electrons. The van der Waals surface area contributed by atoms with Crippen molar-refractivity contribution in [2.75, 3.05) is 5.32 Å². The molecule has 0 spiro atoms. The number of benzene rings is 1. The maximum atomic E-state index is 12.3. The maximum Gasteiger partial charge on any atom is 0.234 e. The molecule has 1 amide bonds. The maximum absolute atomic E-state index is 12.3. The Kier molecular flexibility index (Phi) is 3.19. The predicted molar refractivity (Wildman–Crippen MR) is 71.3 cm³/mol. The molecule has 18 heavy (non-hydrogen) atoms. The zero-order valence-electron chi connectivity index (χ0n) is 10.8. The zero-order valence-corrected chi connectivity index (χ0v) is 10.8. The average Bonchev–Trinajstić information content (AvgIpc) is 2.76. The van der Waals surface area contributed by atoms with Gasteiger partial charge in [-0.25, -0.2) is 0 Å². The first-order valence-electron chi connectivity index (χ1n) is 5.86. The number of nitrogens with zero attached hydrogens (tertiary/aromatic N) is 2. The lowest BCUT2D eigenvalue weighted by Gasteiger charge is -2.23. The van der Waals surface area contributed by atoms with Gasteiger partial charge < -0.3 is 5.32 Å². The van der Waals surface area contributed by atoms with Crippen LogP contribution in [-0.2, 0) is 17.3 Å². The number of aryl methyl sites for hydroxylation is 1. The molecule has 0 saturated carbocycles. The molecule has 0 aliphatic carbocycles. The van der Waals surface area contributed by atoms with Crippen molar-refractivity contribution in [2.45, 2.75) is 19.3 Å². The molecule has 2 aromatic rings. The number of rotatable bonds is 3. The molecule has 0 radical (unpaired) electrons. The summed E-state index contributed by atoms with van der Waals surface area (Å²) < 4.78 is 1.66. The van der Waals surface area contributed by atoms with Gasteiger partial charge in [-0.05, 0) is 19.4 Å². The van der Waals surface area contributed by atoms with Crippen molar-refractivity contribution in [2.24, 2.45) is 7.05 Å². The van der Waals surface area contributed by atoms with E-state index < -0.39 is 5.41 Å². The van der Waals surface area contributed by atoms with Crippen LogP contribution in [0.5, 0.6) is 0 Å². The summed E-state index contributed by atoms with van der Waals surface area (Å²) in [5.41, 5.74) is 1.13. The molecule has 2 rings (SSSR count). The van der Waals surface area contributed by atoms with Gasteiger partial charge in [0.15, 0.2) is 0 Å². The number of aromatic nitrogens is 2. The van der Waals surface area contributed by atoms with Crippen LogP contribution in [0.25, 0.3) is 0 Å². The van der Waals surface area contributed by atoms with Crippen molar-refractivity contribution in [3.63, 3.8) is 0 Å². The Bertz CT molecular complexity index is 543. The monoisotopic (exact) mass is 243 g/mol. The van der Waals surface area contributed by atoms with Crippen LogP contribution in [0.3, 0.4) is 0 Å². The third-order valence-electron chi connectivity index (χ3n) is 3.03. The van der Waals surface area contributed by atoms with Crippen LogP contribution in [0.2, 0.25) is 0 Å². The number of hydrogen-bond acceptors (Lipinski definition) is 2. The quantitative estimate of drug-likeness (QED) is 0.899. The molecule has 1 N–H and O–H groups in total. The highest BCUT2D eigenvalue weighted by atomic mass is 16.2. The fourth-order valence-corrected chi connectivity index (χ4v) is 1.76. The van der Waals surface area contributed by atoms with Gasteiger partial charge in [0, 0.05) is 13.2 Å². The molecule has 0 aliphatic heterocycles. The van der Waals surface area contributed by atoms with Crippen LogP contribution in [0.1, 0.15) is 19.4 Å². The molecule has 0 aliphatic rings. The first kappa shape index (κ1) is 12.4. The normalized spacial score (nSPS) is 11.3. The second-order valence-electron chi connectivity index (χ2n) is 4.85. The summed E-state index contributed by atoms with van der Waals surface area (Å²) in [6, 6.07) is 9.74. The molecule has 0 atom stereocenters. The standard InChI is InChI=1S/C14H17N3O/c1-14(2,11-7-5-4-6-8-11)13(18)16-12-9-15-17(3)10-12/h4-10H,1-3H3,(H,16,18). The smallest absolute Gasteiger partial charge is 0.234 e. The highest BCUT2D eigenvalue weighted by Crippen LogP contribution is 2.24. The number of carbonyl (C=O) groups excluding carboxylic acids is 1. The van der Waals surface area contributed by atoms with Crippen LogP contribution >= 0.6 is 0 Å². The van der Waals surface area contributed by atoms with Gasteiger partial charge in [-0.2, -0.15) is 5.10 Å². The number of amides is 1. The van der Waals surface area contributed by atoms with E-state index in [1.54, 1.807) is 17.1 Å². The van der Waals surface area contributed by atoms with Gasteiger partial charge in [0.1, 0.15) is 0 Å².